The number of aliphatic hydroxyl groups excluding tert-OH is 2. The molecule has 0 radical (unpaired) electrons. The maximum atomic E-state index is 14.0. The predicted octanol–water partition coefficient (Wildman–Crippen LogP) is 4.78. The van der Waals surface area contributed by atoms with Crippen LogP contribution in [0.5, 0.6) is 5.75 Å². The van der Waals surface area contributed by atoms with Gasteiger partial charge in [-0.25, -0.2) is 9.78 Å². The van der Waals surface area contributed by atoms with Crippen LogP contribution in [0.1, 0.15) is 55.5 Å². The highest BCUT2D eigenvalue weighted by atomic mass is 16.6. The first kappa shape index (κ1) is 34.7. The fourth-order valence-corrected chi connectivity index (χ4v) is 6.06. The van der Waals surface area contributed by atoms with Crippen LogP contribution in [0.3, 0.4) is 0 Å². The fourth-order valence-electron chi connectivity index (χ4n) is 6.06. The van der Waals surface area contributed by atoms with Crippen LogP contribution in [-0.4, -0.2) is 62.2 Å². The minimum absolute atomic E-state index is 0.0623. The lowest BCUT2D eigenvalue weighted by Gasteiger charge is -2.29. The molecule has 0 saturated heterocycles. The van der Waals surface area contributed by atoms with Crippen LogP contribution in [0, 0.1) is 5.92 Å². The summed E-state index contributed by atoms with van der Waals surface area (Å²) in [6.45, 7) is 6.48. The number of aliphatic hydroxyl groups is 2. The zero-order chi connectivity index (χ0) is 34.1. The lowest BCUT2D eigenvalue weighted by Crippen LogP contribution is -2.48. The molecule has 5 atom stereocenters. The van der Waals surface area contributed by atoms with Gasteiger partial charge in [0.1, 0.15) is 18.0 Å². The number of benzene rings is 3. The van der Waals surface area contributed by atoms with Crippen molar-refractivity contribution in [1.82, 2.24) is 20.2 Å². The number of alkyl carbamates (subject to hydrolysis) is 1. The lowest BCUT2D eigenvalue weighted by molar-refractivity contribution is -0.127. The van der Waals surface area contributed by atoms with Crippen molar-refractivity contribution in [2.75, 3.05) is 6.61 Å². The number of imidazole rings is 1. The van der Waals surface area contributed by atoms with Gasteiger partial charge in [-0.1, -0.05) is 66.7 Å². The van der Waals surface area contributed by atoms with Crippen LogP contribution < -0.4 is 15.4 Å². The van der Waals surface area contributed by atoms with Gasteiger partial charge in [0, 0.05) is 24.7 Å². The van der Waals surface area contributed by atoms with Crippen molar-refractivity contribution in [3.05, 3.63) is 120 Å². The van der Waals surface area contributed by atoms with Gasteiger partial charge in [-0.05, 0) is 74.4 Å². The molecule has 254 valence electrons. The Morgan fingerprint density at radius 1 is 0.979 bits per heavy atom. The van der Waals surface area contributed by atoms with Gasteiger partial charge >= 0.3 is 6.09 Å². The number of hydrogen-bond acceptors (Lipinski definition) is 7. The summed E-state index contributed by atoms with van der Waals surface area (Å²) in [7, 11) is 0. The van der Waals surface area contributed by atoms with E-state index in [2.05, 4.69) is 15.6 Å². The molecular formula is C38H46N4O6. The van der Waals surface area contributed by atoms with Crippen LogP contribution >= 0.6 is 0 Å². The van der Waals surface area contributed by atoms with E-state index < -0.39 is 41.9 Å². The van der Waals surface area contributed by atoms with E-state index in [0.717, 1.165) is 22.3 Å². The van der Waals surface area contributed by atoms with E-state index in [4.69, 9.17) is 9.47 Å². The number of carbonyl (C=O) groups excluding carboxylic acids is 2. The SMILES string of the molecule is CC(C)(C)OC(=O)NC(Cc1ccccc1)C(O)CC(Cc1ccc(OCCn2ccnc2)cc1)C(=O)N[C@H]1c2ccccc2C[C@@H]1O. The number of ether oxygens (including phenoxy) is 2. The number of carbonyl (C=O) groups is 2. The average molecular weight is 655 g/mol. The highest BCUT2D eigenvalue weighted by molar-refractivity contribution is 5.80. The summed E-state index contributed by atoms with van der Waals surface area (Å²) >= 11 is 0. The standard InChI is InChI=1S/C38H46N4O6/c1-38(2,3)48-37(46)40-32(22-26-9-5-4-6-10-26)33(43)24-29(36(45)41-35-31-12-8-7-11-28(31)23-34(35)44)21-27-13-15-30(16-14-27)47-20-19-42-18-17-39-25-42/h4-18,25,29,32-35,43-44H,19-24H2,1-3H3,(H,40,46)(H,41,45)/t29?,32?,33?,34-,35-/m0/s1. The van der Waals surface area contributed by atoms with Gasteiger partial charge in [-0.2, -0.15) is 0 Å². The molecule has 0 spiro atoms. The minimum atomic E-state index is -1.08. The van der Waals surface area contributed by atoms with E-state index in [9.17, 15) is 19.8 Å². The first-order valence-corrected chi connectivity index (χ1v) is 16.5. The van der Waals surface area contributed by atoms with Crippen LogP contribution in [0.2, 0.25) is 0 Å². The topological polar surface area (TPSA) is 135 Å². The summed E-state index contributed by atoms with van der Waals surface area (Å²) in [5, 5.41) is 28.5. The molecule has 5 rings (SSSR count). The van der Waals surface area contributed by atoms with Gasteiger partial charge in [-0.15, -0.1) is 0 Å². The summed E-state index contributed by atoms with van der Waals surface area (Å²) in [6, 6.07) is 23.6. The van der Waals surface area contributed by atoms with E-state index in [1.165, 1.54) is 0 Å². The van der Waals surface area contributed by atoms with Crippen LogP contribution in [-0.2, 0) is 35.3 Å². The molecule has 10 heteroatoms. The second-order valence-electron chi connectivity index (χ2n) is 13.4. The van der Waals surface area contributed by atoms with E-state index >= 15 is 0 Å². The Balaban J connectivity index is 1.33. The molecule has 3 aromatic carbocycles. The van der Waals surface area contributed by atoms with Crippen molar-refractivity contribution in [3.63, 3.8) is 0 Å². The van der Waals surface area contributed by atoms with E-state index in [0.29, 0.717) is 38.2 Å². The predicted molar refractivity (Wildman–Crippen MR) is 182 cm³/mol. The molecule has 2 amide bonds. The lowest BCUT2D eigenvalue weighted by atomic mass is 9.88. The zero-order valence-corrected chi connectivity index (χ0v) is 27.8. The molecule has 10 nitrogen and oxygen atoms in total. The minimum Gasteiger partial charge on any atom is -0.492 e. The maximum Gasteiger partial charge on any atom is 0.407 e. The van der Waals surface area contributed by atoms with Crippen LogP contribution in [0.25, 0.3) is 0 Å². The Morgan fingerprint density at radius 2 is 1.69 bits per heavy atom. The van der Waals surface area contributed by atoms with Crippen molar-refractivity contribution in [2.24, 2.45) is 5.92 Å². The quantitative estimate of drug-likeness (QED) is 0.154. The molecule has 1 aliphatic rings. The Labute approximate surface area is 282 Å². The third-order valence-electron chi connectivity index (χ3n) is 8.45. The van der Waals surface area contributed by atoms with Crippen molar-refractivity contribution in [1.29, 1.82) is 0 Å². The van der Waals surface area contributed by atoms with E-state index in [1.807, 2.05) is 89.6 Å². The van der Waals surface area contributed by atoms with Crippen LogP contribution in [0.15, 0.2) is 97.6 Å². The first-order chi connectivity index (χ1) is 23.0. The summed E-state index contributed by atoms with van der Waals surface area (Å²) in [5.41, 5.74) is 2.98. The summed E-state index contributed by atoms with van der Waals surface area (Å²) in [6.07, 6.45) is 4.05. The van der Waals surface area contributed by atoms with Crippen molar-refractivity contribution >= 4 is 12.0 Å². The molecule has 48 heavy (non-hydrogen) atoms. The normalized spacial score (nSPS) is 17.5. The van der Waals surface area contributed by atoms with E-state index in [-0.39, 0.29) is 12.3 Å². The molecular weight excluding hydrogens is 608 g/mol. The Morgan fingerprint density at radius 3 is 2.40 bits per heavy atom. The Hall–Kier alpha value is -4.67. The summed E-state index contributed by atoms with van der Waals surface area (Å²) < 4.78 is 13.3. The van der Waals surface area contributed by atoms with Gasteiger partial charge < -0.3 is 34.9 Å². The number of aromatic nitrogens is 2. The molecule has 3 unspecified atom stereocenters. The van der Waals surface area contributed by atoms with Gasteiger partial charge in [0.25, 0.3) is 0 Å². The molecule has 4 aromatic rings. The number of rotatable bonds is 14. The highest BCUT2D eigenvalue weighted by Gasteiger charge is 2.35. The average Bonchev–Trinajstić information content (AvgIpc) is 3.68. The number of nitrogens with zero attached hydrogens (tertiary/aromatic N) is 2. The molecule has 0 bridgehead atoms. The molecule has 0 fully saturated rings. The molecule has 1 aromatic heterocycles. The van der Waals surface area contributed by atoms with Crippen molar-refractivity contribution in [2.45, 2.75) is 82.9 Å². The molecule has 4 N–H and O–H groups in total. The molecule has 1 heterocycles. The molecule has 0 saturated carbocycles. The van der Waals surface area contributed by atoms with Gasteiger partial charge in [0.15, 0.2) is 0 Å². The van der Waals surface area contributed by atoms with Gasteiger partial charge in [0.05, 0.1) is 37.2 Å². The number of nitrogens with one attached hydrogen (secondary N) is 2. The second kappa shape index (κ2) is 16.0. The smallest absolute Gasteiger partial charge is 0.407 e. The number of fused-ring (bicyclic) bond motifs is 1. The number of amides is 2. The third kappa shape index (κ3) is 9.92. The Bertz CT molecular complexity index is 1600. The maximum absolute atomic E-state index is 14.0. The van der Waals surface area contributed by atoms with E-state index in [1.54, 1.807) is 33.3 Å². The summed E-state index contributed by atoms with van der Waals surface area (Å²) in [4.78, 5) is 30.9. The Kier molecular flexibility index (Phi) is 11.5. The zero-order valence-electron chi connectivity index (χ0n) is 27.8. The second-order valence-corrected chi connectivity index (χ2v) is 13.4. The van der Waals surface area contributed by atoms with Gasteiger partial charge in [0.2, 0.25) is 5.91 Å². The fraction of sp³-hybridized carbons (Fsp3) is 0.395. The largest absolute Gasteiger partial charge is 0.492 e. The monoisotopic (exact) mass is 654 g/mol. The van der Waals surface area contributed by atoms with Crippen molar-refractivity contribution < 1.29 is 29.3 Å². The first-order valence-electron chi connectivity index (χ1n) is 16.5. The molecule has 0 aliphatic heterocycles. The third-order valence-corrected chi connectivity index (χ3v) is 8.45. The van der Waals surface area contributed by atoms with Crippen LogP contribution in [0.4, 0.5) is 4.79 Å². The number of hydrogen-bond donors (Lipinski definition) is 4. The van der Waals surface area contributed by atoms with Crippen molar-refractivity contribution in [3.8, 4) is 5.75 Å². The highest BCUT2D eigenvalue weighted by Crippen LogP contribution is 2.32. The summed E-state index contributed by atoms with van der Waals surface area (Å²) in [5.74, 6) is -0.257. The molecule has 1 aliphatic carbocycles. The van der Waals surface area contributed by atoms with Gasteiger partial charge in [-0.3, -0.25) is 4.79 Å².